The Hall–Kier alpha value is -3.10. The van der Waals surface area contributed by atoms with Gasteiger partial charge in [-0.1, -0.05) is 48.0 Å². The van der Waals surface area contributed by atoms with Crippen LogP contribution in [0, 0.1) is 30.4 Å². The van der Waals surface area contributed by atoms with Crippen LogP contribution < -0.4 is 5.73 Å². The fourth-order valence-electron chi connectivity index (χ4n) is 5.33. The van der Waals surface area contributed by atoms with Gasteiger partial charge in [0, 0.05) is 19.2 Å². The number of hydrogen-bond acceptors (Lipinski definition) is 3. The molecule has 1 aliphatic carbocycles. The number of amides is 1. The minimum atomic E-state index is -3.90. The van der Waals surface area contributed by atoms with E-state index >= 15 is 0 Å². The van der Waals surface area contributed by atoms with Gasteiger partial charge in [0.05, 0.1) is 10.8 Å². The van der Waals surface area contributed by atoms with E-state index in [4.69, 9.17) is 5.73 Å². The third-order valence-electron chi connectivity index (χ3n) is 7.23. The summed E-state index contributed by atoms with van der Waals surface area (Å²) in [5.41, 5.74) is 8.06. The molecule has 0 radical (unpaired) electrons. The number of sulfonamides is 1. The van der Waals surface area contributed by atoms with Crippen LogP contribution in [0.5, 0.6) is 0 Å². The Kier molecular flexibility index (Phi) is 8.39. The first-order valence-corrected chi connectivity index (χ1v) is 13.9. The van der Waals surface area contributed by atoms with Crippen molar-refractivity contribution in [1.29, 1.82) is 0 Å². The van der Waals surface area contributed by atoms with Crippen molar-refractivity contribution in [1.82, 2.24) is 4.31 Å². The summed E-state index contributed by atoms with van der Waals surface area (Å²) < 4.78 is 56.1. The molecule has 5 nitrogen and oxygen atoms in total. The van der Waals surface area contributed by atoms with Gasteiger partial charge in [-0.3, -0.25) is 4.79 Å². The lowest BCUT2D eigenvalue weighted by Crippen LogP contribution is -2.37. The second kappa shape index (κ2) is 11.5. The lowest BCUT2D eigenvalue weighted by atomic mass is 9.73. The van der Waals surface area contributed by atoms with E-state index in [0.717, 1.165) is 55.0 Å². The number of primary amides is 1. The highest BCUT2D eigenvalue weighted by atomic mass is 32.2. The van der Waals surface area contributed by atoms with Gasteiger partial charge in [-0.05, 0) is 79.8 Å². The topological polar surface area (TPSA) is 80.5 Å². The van der Waals surface area contributed by atoms with Gasteiger partial charge in [0.25, 0.3) is 0 Å². The summed E-state index contributed by atoms with van der Waals surface area (Å²) in [6, 6.07) is 19.0. The summed E-state index contributed by atoms with van der Waals surface area (Å²) in [6.45, 7) is 2.06. The standard InChI is InChI=1S/C29H32F2N2O3S/c1-20-7-11-23(12-8-20)28(29(32)34)24-13-9-21(10-14-24)18-33(19-22-15-25(30)17-26(31)16-22)37(35,36)27-5-3-2-4-6-27/h2-8,11-12,15-17,21,24,28H,9-10,13-14,18-19H2,1H3,(H2,32,34). The van der Waals surface area contributed by atoms with Crippen LogP contribution in [0.25, 0.3) is 0 Å². The number of carbonyl (C=O) groups excluding carboxylic acids is 1. The molecule has 0 bridgehead atoms. The zero-order chi connectivity index (χ0) is 26.6. The minimum Gasteiger partial charge on any atom is -0.369 e. The predicted molar refractivity (Wildman–Crippen MR) is 139 cm³/mol. The maximum atomic E-state index is 13.9. The van der Waals surface area contributed by atoms with Crippen molar-refractivity contribution in [3.8, 4) is 0 Å². The van der Waals surface area contributed by atoms with E-state index in [0.29, 0.717) is 0 Å². The first-order chi connectivity index (χ1) is 17.6. The van der Waals surface area contributed by atoms with Crippen molar-refractivity contribution in [3.05, 3.63) is 101 Å². The van der Waals surface area contributed by atoms with Crippen LogP contribution in [-0.2, 0) is 21.4 Å². The number of rotatable bonds is 9. The SMILES string of the molecule is Cc1ccc(C(C(N)=O)C2CCC(CN(Cc3cc(F)cc(F)c3)S(=O)(=O)c3ccccc3)CC2)cc1. The molecule has 0 saturated heterocycles. The second-order valence-corrected chi connectivity index (χ2v) is 11.9. The maximum absolute atomic E-state index is 13.9. The number of carbonyl (C=O) groups is 1. The monoisotopic (exact) mass is 526 g/mol. The van der Waals surface area contributed by atoms with Crippen molar-refractivity contribution in [3.63, 3.8) is 0 Å². The molecule has 4 rings (SSSR count). The average Bonchev–Trinajstić information content (AvgIpc) is 2.86. The van der Waals surface area contributed by atoms with Crippen molar-refractivity contribution < 1.29 is 22.0 Å². The maximum Gasteiger partial charge on any atom is 0.243 e. The largest absolute Gasteiger partial charge is 0.369 e. The number of aryl methyl sites for hydroxylation is 1. The molecule has 1 amide bonds. The fourth-order valence-corrected chi connectivity index (χ4v) is 6.86. The van der Waals surface area contributed by atoms with Gasteiger partial charge in [0.1, 0.15) is 11.6 Å². The van der Waals surface area contributed by atoms with Crippen LogP contribution in [0.3, 0.4) is 0 Å². The molecular weight excluding hydrogens is 494 g/mol. The molecule has 196 valence electrons. The van der Waals surface area contributed by atoms with E-state index < -0.39 is 21.7 Å². The summed E-state index contributed by atoms with van der Waals surface area (Å²) in [7, 11) is -3.90. The zero-order valence-electron chi connectivity index (χ0n) is 20.8. The van der Waals surface area contributed by atoms with E-state index in [1.165, 1.54) is 16.4 Å². The van der Waals surface area contributed by atoms with Gasteiger partial charge < -0.3 is 5.73 Å². The summed E-state index contributed by atoms with van der Waals surface area (Å²) in [4.78, 5) is 12.5. The number of halogens is 2. The summed E-state index contributed by atoms with van der Waals surface area (Å²) in [5, 5.41) is 0. The van der Waals surface area contributed by atoms with E-state index in [-0.39, 0.29) is 47.2 Å². The van der Waals surface area contributed by atoms with E-state index in [1.54, 1.807) is 18.2 Å². The Morgan fingerprint density at radius 3 is 2.11 bits per heavy atom. The van der Waals surface area contributed by atoms with Gasteiger partial charge in [-0.25, -0.2) is 17.2 Å². The Morgan fingerprint density at radius 1 is 0.946 bits per heavy atom. The average molecular weight is 527 g/mol. The van der Waals surface area contributed by atoms with E-state index in [2.05, 4.69) is 0 Å². The molecule has 2 N–H and O–H groups in total. The number of benzene rings is 3. The molecular formula is C29H32F2N2O3S. The Bertz CT molecular complexity index is 1300. The molecule has 8 heteroatoms. The lowest BCUT2D eigenvalue weighted by Gasteiger charge is -2.35. The first kappa shape index (κ1) is 26.9. The normalized spacial score (nSPS) is 19.0. The van der Waals surface area contributed by atoms with Crippen LogP contribution in [0.1, 0.15) is 48.3 Å². The van der Waals surface area contributed by atoms with Gasteiger partial charge in [0.15, 0.2) is 0 Å². The van der Waals surface area contributed by atoms with Crippen LogP contribution in [0.2, 0.25) is 0 Å². The first-order valence-electron chi connectivity index (χ1n) is 12.5. The summed E-state index contributed by atoms with van der Waals surface area (Å²) in [6.07, 6.45) is 2.91. The van der Waals surface area contributed by atoms with E-state index in [1.807, 2.05) is 31.2 Å². The zero-order valence-corrected chi connectivity index (χ0v) is 21.6. The van der Waals surface area contributed by atoms with Crippen LogP contribution >= 0.6 is 0 Å². The van der Waals surface area contributed by atoms with Crippen molar-refractivity contribution in [2.45, 2.75) is 50.0 Å². The molecule has 0 spiro atoms. The molecule has 1 unspecified atom stereocenters. The quantitative estimate of drug-likeness (QED) is 0.398. The van der Waals surface area contributed by atoms with Crippen LogP contribution in [0.15, 0.2) is 77.7 Å². The number of nitrogens with two attached hydrogens (primary N) is 1. The van der Waals surface area contributed by atoms with Crippen LogP contribution in [0.4, 0.5) is 8.78 Å². The highest BCUT2D eigenvalue weighted by Crippen LogP contribution is 2.39. The van der Waals surface area contributed by atoms with Crippen molar-refractivity contribution >= 4 is 15.9 Å². The summed E-state index contributed by atoms with van der Waals surface area (Å²) in [5.74, 6) is -2.12. The summed E-state index contributed by atoms with van der Waals surface area (Å²) >= 11 is 0. The van der Waals surface area contributed by atoms with Gasteiger partial charge in [-0.15, -0.1) is 0 Å². The molecule has 1 atom stereocenters. The molecule has 0 aromatic heterocycles. The Labute approximate surface area is 217 Å². The lowest BCUT2D eigenvalue weighted by molar-refractivity contribution is -0.121. The van der Waals surface area contributed by atoms with Gasteiger partial charge >= 0.3 is 0 Å². The Morgan fingerprint density at radius 2 is 1.54 bits per heavy atom. The second-order valence-electron chi connectivity index (χ2n) is 9.96. The molecule has 3 aromatic carbocycles. The van der Waals surface area contributed by atoms with Gasteiger partial charge in [-0.2, -0.15) is 4.31 Å². The molecule has 0 aliphatic heterocycles. The highest BCUT2D eigenvalue weighted by Gasteiger charge is 2.34. The van der Waals surface area contributed by atoms with E-state index in [9.17, 15) is 22.0 Å². The third kappa shape index (κ3) is 6.62. The van der Waals surface area contributed by atoms with Crippen LogP contribution in [-0.4, -0.2) is 25.2 Å². The smallest absolute Gasteiger partial charge is 0.243 e. The minimum absolute atomic E-state index is 0.0414. The molecule has 3 aromatic rings. The molecule has 1 fully saturated rings. The molecule has 37 heavy (non-hydrogen) atoms. The molecule has 1 aliphatic rings. The highest BCUT2D eigenvalue weighted by molar-refractivity contribution is 7.89. The van der Waals surface area contributed by atoms with Crippen molar-refractivity contribution in [2.24, 2.45) is 17.6 Å². The number of nitrogens with zero attached hydrogens (tertiary/aromatic N) is 1. The van der Waals surface area contributed by atoms with Crippen molar-refractivity contribution in [2.75, 3.05) is 6.54 Å². The Balaban J connectivity index is 1.52. The molecule has 0 heterocycles. The third-order valence-corrected chi connectivity index (χ3v) is 9.06. The fraction of sp³-hybridized carbons (Fsp3) is 0.345. The number of hydrogen-bond donors (Lipinski definition) is 1. The predicted octanol–water partition coefficient (Wildman–Crippen LogP) is 5.54. The molecule has 1 saturated carbocycles. The van der Waals surface area contributed by atoms with Gasteiger partial charge in [0.2, 0.25) is 15.9 Å².